The summed E-state index contributed by atoms with van der Waals surface area (Å²) in [5.41, 5.74) is 0.833. The van der Waals surface area contributed by atoms with Crippen molar-refractivity contribution >= 4 is 5.69 Å². The molecular weight excluding hydrogens is 209 g/mol. The Morgan fingerprint density at radius 3 is 3.00 bits per heavy atom. The quantitative estimate of drug-likeness (QED) is 0.856. The summed E-state index contributed by atoms with van der Waals surface area (Å²) >= 11 is 0. The summed E-state index contributed by atoms with van der Waals surface area (Å²) in [6.45, 7) is 0.403. The van der Waals surface area contributed by atoms with Gasteiger partial charge < -0.3 is 9.84 Å². The third-order valence-electron chi connectivity index (χ3n) is 2.05. The fraction of sp³-hybridized carbons (Fsp3) is 0.0909. The summed E-state index contributed by atoms with van der Waals surface area (Å²) in [5.74, 6) is 0.218. The van der Waals surface area contributed by atoms with Crippen LogP contribution >= 0.6 is 0 Å². The van der Waals surface area contributed by atoms with Crippen LogP contribution in [0.1, 0.15) is 11.3 Å². The van der Waals surface area contributed by atoms with Crippen molar-refractivity contribution in [3.05, 3.63) is 47.6 Å². The van der Waals surface area contributed by atoms with Crippen molar-refractivity contribution in [2.24, 2.45) is 0 Å². The third-order valence-corrected chi connectivity index (χ3v) is 2.05. The maximum Gasteiger partial charge on any atom is 0.155 e. The molecule has 0 aliphatic rings. The summed E-state index contributed by atoms with van der Waals surface area (Å²) in [5, 5.41) is 15.3. The van der Waals surface area contributed by atoms with Crippen molar-refractivity contribution in [1.82, 2.24) is 5.16 Å². The molecule has 1 aromatic carbocycles. The normalized spacial score (nSPS) is 9.75. The molecule has 0 aliphatic carbocycles. The van der Waals surface area contributed by atoms with E-state index >= 15 is 0 Å². The van der Waals surface area contributed by atoms with Crippen LogP contribution in [0.4, 0.5) is 10.1 Å². The minimum Gasteiger partial charge on any atom is -0.377 e. The van der Waals surface area contributed by atoms with Gasteiger partial charge in [-0.1, -0.05) is 5.16 Å². The number of halogens is 1. The number of nitrogens with one attached hydrogen (secondary N) is 1. The van der Waals surface area contributed by atoms with E-state index in [0.717, 1.165) is 0 Å². The molecule has 16 heavy (non-hydrogen) atoms. The van der Waals surface area contributed by atoms with Crippen molar-refractivity contribution in [3.63, 3.8) is 0 Å². The van der Waals surface area contributed by atoms with Crippen LogP contribution < -0.4 is 5.32 Å². The van der Waals surface area contributed by atoms with E-state index in [9.17, 15) is 4.39 Å². The molecule has 0 unspecified atom stereocenters. The van der Waals surface area contributed by atoms with Gasteiger partial charge in [-0.05, 0) is 18.2 Å². The highest BCUT2D eigenvalue weighted by Gasteiger charge is 2.04. The molecule has 0 radical (unpaired) electrons. The highest BCUT2D eigenvalue weighted by Crippen LogP contribution is 2.16. The monoisotopic (exact) mass is 217 g/mol. The molecule has 0 atom stereocenters. The summed E-state index contributed by atoms with van der Waals surface area (Å²) in [6.07, 6.45) is 1.53. The maximum atomic E-state index is 12.8. The molecule has 1 N–H and O–H groups in total. The molecule has 0 spiro atoms. The second-order valence-corrected chi connectivity index (χ2v) is 3.13. The molecule has 0 fully saturated rings. The van der Waals surface area contributed by atoms with Gasteiger partial charge in [-0.15, -0.1) is 0 Å². The van der Waals surface area contributed by atoms with E-state index in [-0.39, 0.29) is 5.56 Å². The topological polar surface area (TPSA) is 61.9 Å². The number of aromatic nitrogens is 1. The molecule has 80 valence electrons. The van der Waals surface area contributed by atoms with Crippen LogP contribution in [0.25, 0.3) is 0 Å². The Kier molecular flexibility index (Phi) is 2.83. The van der Waals surface area contributed by atoms with Gasteiger partial charge >= 0.3 is 0 Å². The predicted molar refractivity (Wildman–Crippen MR) is 54.9 cm³/mol. The van der Waals surface area contributed by atoms with Crippen LogP contribution in [0.15, 0.2) is 35.0 Å². The molecule has 5 heteroatoms. The first kappa shape index (κ1) is 10.2. The van der Waals surface area contributed by atoms with Crippen LogP contribution in [0.5, 0.6) is 0 Å². The Morgan fingerprint density at radius 1 is 1.44 bits per heavy atom. The fourth-order valence-electron chi connectivity index (χ4n) is 1.28. The number of anilines is 1. The Balaban J connectivity index is 2.13. The summed E-state index contributed by atoms with van der Waals surface area (Å²) in [7, 11) is 0. The van der Waals surface area contributed by atoms with Crippen molar-refractivity contribution in [2.75, 3.05) is 5.32 Å². The highest BCUT2D eigenvalue weighted by atomic mass is 19.1. The highest BCUT2D eigenvalue weighted by molar-refractivity contribution is 5.57. The van der Waals surface area contributed by atoms with Gasteiger partial charge in [-0.25, -0.2) is 4.39 Å². The summed E-state index contributed by atoms with van der Waals surface area (Å²) in [4.78, 5) is 0. The molecule has 0 amide bonds. The SMILES string of the molecule is N#Cc1cc(F)ccc1NCc1ccno1. The predicted octanol–water partition coefficient (Wildman–Crippen LogP) is 2.30. The van der Waals surface area contributed by atoms with Crippen LogP contribution in [-0.4, -0.2) is 5.16 Å². The second-order valence-electron chi connectivity index (χ2n) is 3.13. The first-order valence-electron chi connectivity index (χ1n) is 4.62. The molecule has 1 aromatic heterocycles. The van der Waals surface area contributed by atoms with Crippen molar-refractivity contribution in [1.29, 1.82) is 5.26 Å². The van der Waals surface area contributed by atoms with Gasteiger partial charge in [0.05, 0.1) is 24.0 Å². The minimum absolute atomic E-state index is 0.263. The zero-order chi connectivity index (χ0) is 11.4. The smallest absolute Gasteiger partial charge is 0.155 e. The van der Waals surface area contributed by atoms with Gasteiger partial charge in [0.1, 0.15) is 11.9 Å². The average molecular weight is 217 g/mol. The van der Waals surface area contributed by atoms with Gasteiger partial charge in [0.2, 0.25) is 0 Å². The molecule has 0 aliphatic heterocycles. The van der Waals surface area contributed by atoms with E-state index in [1.807, 2.05) is 6.07 Å². The first-order valence-corrected chi connectivity index (χ1v) is 4.62. The number of nitriles is 1. The van der Waals surface area contributed by atoms with E-state index in [1.165, 1.54) is 24.4 Å². The molecule has 0 bridgehead atoms. The van der Waals surface area contributed by atoms with E-state index in [2.05, 4.69) is 10.5 Å². The van der Waals surface area contributed by atoms with Crippen LogP contribution in [0.2, 0.25) is 0 Å². The van der Waals surface area contributed by atoms with Crippen LogP contribution in [0.3, 0.4) is 0 Å². The number of hydrogen-bond acceptors (Lipinski definition) is 4. The Labute approximate surface area is 91.3 Å². The lowest BCUT2D eigenvalue weighted by molar-refractivity contribution is 0.388. The average Bonchev–Trinajstić information content (AvgIpc) is 2.80. The molecule has 2 rings (SSSR count). The largest absolute Gasteiger partial charge is 0.377 e. The van der Waals surface area contributed by atoms with Crippen molar-refractivity contribution < 1.29 is 8.91 Å². The van der Waals surface area contributed by atoms with Gasteiger partial charge in [-0.2, -0.15) is 5.26 Å². The fourth-order valence-corrected chi connectivity index (χ4v) is 1.28. The van der Waals surface area contributed by atoms with Crippen LogP contribution in [0, 0.1) is 17.1 Å². The lowest BCUT2D eigenvalue weighted by atomic mass is 10.2. The number of nitrogens with zero attached hydrogens (tertiary/aromatic N) is 2. The third kappa shape index (κ3) is 2.17. The van der Waals surface area contributed by atoms with Gasteiger partial charge in [0, 0.05) is 6.07 Å². The summed E-state index contributed by atoms with van der Waals surface area (Å²) < 4.78 is 17.7. The first-order chi connectivity index (χ1) is 7.79. The van der Waals surface area contributed by atoms with Gasteiger partial charge in [0.15, 0.2) is 5.76 Å². The van der Waals surface area contributed by atoms with Gasteiger partial charge in [0.25, 0.3) is 0 Å². The van der Waals surface area contributed by atoms with Crippen LogP contribution in [-0.2, 0) is 6.54 Å². The second kappa shape index (κ2) is 4.45. The Morgan fingerprint density at radius 2 is 2.31 bits per heavy atom. The minimum atomic E-state index is -0.429. The number of benzene rings is 1. The zero-order valence-corrected chi connectivity index (χ0v) is 8.27. The molecule has 0 saturated carbocycles. The van der Waals surface area contributed by atoms with E-state index in [4.69, 9.17) is 9.78 Å². The number of rotatable bonds is 3. The molecule has 1 heterocycles. The van der Waals surface area contributed by atoms with E-state index < -0.39 is 5.82 Å². The number of hydrogen-bond donors (Lipinski definition) is 1. The molecule has 0 saturated heterocycles. The van der Waals surface area contributed by atoms with Gasteiger partial charge in [-0.3, -0.25) is 0 Å². The summed E-state index contributed by atoms with van der Waals surface area (Å²) in [6, 6.07) is 7.63. The standard InChI is InChI=1S/C11H8FN3O/c12-9-1-2-11(8(5-9)6-13)14-7-10-3-4-15-16-10/h1-5,14H,7H2. The Bertz CT molecular complexity index is 517. The van der Waals surface area contributed by atoms with E-state index in [1.54, 1.807) is 6.07 Å². The zero-order valence-electron chi connectivity index (χ0n) is 8.27. The maximum absolute atomic E-state index is 12.8. The lowest BCUT2D eigenvalue weighted by Gasteiger charge is -2.05. The molecule has 2 aromatic rings. The van der Waals surface area contributed by atoms with E-state index in [0.29, 0.717) is 18.0 Å². The van der Waals surface area contributed by atoms with Crippen molar-refractivity contribution in [2.45, 2.75) is 6.54 Å². The lowest BCUT2D eigenvalue weighted by Crippen LogP contribution is -2.00. The van der Waals surface area contributed by atoms with Crippen molar-refractivity contribution in [3.8, 4) is 6.07 Å². The molecular formula is C11H8FN3O. The Hall–Kier alpha value is -2.35. The molecule has 4 nitrogen and oxygen atoms in total.